The molecule has 0 N–H and O–H groups in total. The monoisotopic (exact) mass is 277 g/mol. The van der Waals surface area contributed by atoms with Crippen LogP contribution in [-0.4, -0.2) is 25.8 Å². The molecule has 0 fully saturated rings. The summed E-state index contributed by atoms with van der Waals surface area (Å²) in [6.45, 7) is 4.65. The largest absolute Gasteiger partial charge is 0.245 e. The maximum Gasteiger partial charge on any atom is 0.245 e. The molecular weight excluding hydrogens is 262 g/mol. The van der Waals surface area contributed by atoms with Crippen molar-refractivity contribution in [3.8, 4) is 12.1 Å². The zero-order valence-electron chi connectivity index (χ0n) is 11.1. The maximum atomic E-state index is 12.5. The first-order chi connectivity index (χ1) is 8.84. The first kappa shape index (κ1) is 15.2. The van der Waals surface area contributed by atoms with Gasteiger partial charge in [-0.05, 0) is 31.9 Å². The molecule has 19 heavy (non-hydrogen) atoms. The van der Waals surface area contributed by atoms with E-state index in [0.29, 0.717) is 11.1 Å². The molecule has 0 atom stereocenters. The second-order valence-corrected chi connectivity index (χ2v) is 6.19. The van der Waals surface area contributed by atoms with Gasteiger partial charge in [-0.25, -0.2) is 8.42 Å². The van der Waals surface area contributed by atoms with Crippen LogP contribution in [0.2, 0.25) is 0 Å². The van der Waals surface area contributed by atoms with Crippen LogP contribution in [-0.2, 0) is 10.0 Å². The van der Waals surface area contributed by atoms with Crippen LogP contribution in [0.25, 0.3) is 0 Å². The lowest BCUT2D eigenvalue weighted by Crippen LogP contribution is -2.32. The molecule has 0 bridgehead atoms. The Morgan fingerprint density at radius 3 is 1.84 bits per heavy atom. The summed E-state index contributed by atoms with van der Waals surface area (Å²) in [7, 11) is -3.82. The molecule has 0 aliphatic rings. The van der Waals surface area contributed by atoms with Gasteiger partial charge in [-0.15, -0.1) is 0 Å². The van der Waals surface area contributed by atoms with Crippen LogP contribution in [0.4, 0.5) is 0 Å². The number of benzene rings is 1. The average molecular weight is 277 g/mol. The topological polar surface area (TPSA) is 85.0 Å². The second kappa shape index (κ2) is 5.83. The molecule has 0 aromatic heterocycles. The van der Waals surface area contributed by atoms with Crippen molar-refractivity contribution in [2.45, 2.75) is 25.7 Å². The van der Waals surface area contributed by atoms with Crippen molar-refractivity contribution < 1.29 is 8.42 Å². The lowest BCUT2D eigenvalue weighted by Gasteiger charge is -2.19. The predicted molar refractivity (Wildman–Crippen MR) is 70.6 cm³/mol. The molecule has 0 saturated heterocycles. The summed E-state index contributed by atoms with van der Waals surface area (Å²) >= 11 is 0. The molecule has 5 nitrogen and oxygen atoms in total. The number of hydrogen-bond acceptors (Lipinski definition) is 4. The third-order valence-corrected chi connectivity index (χ3v) is 4.79. The van der Waals surface area contributed by atoms with Gasteiger partial charge in [0.05, 0.1) is 17.0 Å². The van der Waals surface area contributed by atoms with E-state index in [0.717, 1.165) is 9.87 Å². The average Bonchev–Trinajstić information content (AvgIpc) is 2.26. The normalized spacial score (nSPS) is 11.1. The van der Waals surface area contributed by atoms with Crippen molar-refractivity contribution in [2.75, 3.05) is 13.1 Å². The van der Waals surface area contributed by atoms with Crippen LogP contribution >= 0.6 is 0 Å². The molecule has 0 amide bonds. The van der Waals surface area contributed by atoms with Gasteiger partial charge in [-0.3, -0.25) is 0 Å². The maximum absolute atomic E-state index is 12.5. The van der Waals surface area contributed by atoms with E-state index in [-0.39, 0.29) is 18.0 Å². The van der Waals surface area contributed by atoms with Crippen molar-refractivity contribution in [1.29, 1.82) is 10.5 Å². The smallest absolute Gasteiger partial charge is 0.207 e. The van der Waals surface area contributed by atoms with Crippen LogP contribution < -0.4 is 0 Å². The first-order valence-corrected chi connectivity index (χ1v) is 7.10. The van der Waals surface area contributed by atoms with E-state index in [2.05, 4.69) is 0 Å². The molecule has 0 spiro atoms. The summed E-state index contributed by atoms with van der Waals surface area (Å²) in [6, 6.07) is 7.10. The van der Waals surface area contributed by atoms with E-state index < -0.39 is 10.0 Å². The zero-order chi connectivity index (χ0) is 14.6. The van der Waals surface area contributed by atoms with Gasteiger partial charge in [0.25, 0.3) is 0 Å². The fraction of sp³-hybridized carbons (Fsp3) is 0.385. The van der Waals surface area contributed by atoms with E-state index in [1.807, 2.05) is 6.92 Å². The highest BCUT2D eigenvalue weighted by Gasteiger charge is 2.27. The van der Waals surface area contributed by atoms with Gasteiger partial charge in [0, 0.05) is 0 Å². The Kier molecular flexibility index (Phi) is 4.66. The van der Waals surface area contributed by atoms with Crippen molar-refractivity contribution in [3.63, 3.8) is 0 Å². The third kappa shape index (κ3) is 3.11. The third-order valence-electron chi connectivity index (χ3n) is 2.70. The minimum atomic E-state index is -3.82. The molecule has 6 heteroatoms. The highest BCUT2D eigenvalue weighted by molar-refractivity contribution is 7.89. The van der Waals surface area contributed by atoms with Crippen molar-refractivity contribution in [2.24, 2.45) is 0 Å². The minimum Gasteiger partial charge on any atom is -0.207 e. The molecule has 1 aromatic carbocycles. The summed E-state index contributed by atoms with van der Waals surface area (Å²) in [5, 5.41) is 17.4. The van der Waals surface area contributed by atoms with Gasteiger partial charge >= 0.3 is 0 Å². The quantitative estimate of drug-likeness (QED) is 0.783. The highest BCUT2D eigenvalue weighted by atomic mass is 32.2. The van der Waals surface area contributed by atoms with E-state index in [1.165, 1.54) is 0 Å². The van der Waals surface area contributed by atoms with Crippen LogP contribution in [0.15, 0.2) is 17.0 Å². The van der Waals surface area contributed by atoms with E-state index >= 15 is 0 Å². The summed E-state index contributed by atoms with van der Waals surface area (Å²) < 4.78 is 25.9. The van der Waals surface area contributed by atoms with Gasteiger partial charge in [-0.2, -0.15) is 14.8 Å². The number of aryl methyl sites for hydroxylation is 3. The summed E-state index contributed by atoms with van der Waals surface area (Å²) in [4.78, 5) is 0.184. The number of sulfonamides is 1. The van der Waals surface area contributed by atoms with E-state index in [1.54, 1.807) is 38.1 Å². The molecular formula is C13H15N3O2S. The van der Waals surface area contributed by atoms with Gasteiger partial charge in [0.1, 0.15) is 13.1 Å². The lowest BCUT2D eigenvalue weighted by atomic mass is 10.1. The van der Waals surface area contributed by atoms with E-state index in [4.69, 9.17) is 10.5 Å². The Balaban J connectivity index is 3.43. The van der Waals surface area contributed by atoms with Crippen LogP contribution in [0.5, 0.6) is 0 Å². The number of rotatable bonds is 4. The Hall–Kier alpha value is -1.89. The fourth-order valence-corrected chi connectivity index (χ4v) is 3.73. The molecule has 0 radical (unpaired) electrons. The Morgan fingerprint density at radius 1 is 1.05 bits per heavy atom. The number of hydrogen-bond donors (Lipinski definition) is 0. The number of nitriles is 2. The molecule has 0 unspecified atom stereocenters. The summed E-state index contributed by atoms with van der Waals surface area (Å²) in [5.41, 5.74) is 2.22. The molecule has 1 aromatic rings. The van der Waals surface area contributed by atoms with Gasteiger partial charge in [-0.1, -0.05) is 17.7 Å². The molecule has 1 rings (SSSR count). The van der Waals surface area contributed by atoms with Crippen LogP contribution in [0.3, 0.4) is 0 Å². The minimum absolute atomic E-state index is 0.184. The van der Waals surface area contributed by atoms with Gasteiger partial charge < -0.3 is 0 Å². The lowest BCUT2D eigenvalue weighted by molar-refractivity contribution is 0.478. The second-order valence-electron chi connectivity index (χ2n) is 4.32. The standard InChI is InChI=1S/C13H15N3O2S/c1-10-8-11(2)13(12(3)9-10)19(17,18)16(6-4-14)7-5-15/h8-9H,6-7H2,1-3H3. The number of nitrogens with zero attached hydrogens (tertiary/aromatic N) is 3. The van der Waals surface area contributed by atoms with Crippen molar-refractivity contribution in [3.05, 3.63) is 28.8 Å². The summed E-state index contributed by atoms with van der Waals surface area (Å²) in [6.07, 6.45) is 0. The van der Waals surface area contributed by atoms with Crippen molar-refractivity contribution in [1.82, 2.24) is 4.31 Å². The zero-order valence-corrected chi connectivity index (χ0v) is 12.0. The van der Waals surface area contributed by atoms with Gasteiger partial charge in [0.15, 0.2) is 0 Å². The Labute approximate surface area is 113 Å². The van der Waals surface area contributed by atoms with E-state index in [9.17, 15) is 8.42 Å². The fourth-order valence-electron chi connectivity index (χ4n) is 2.09. The molecule has 0 saturated carbocycles. The van der Waals surface area contributed by atoms with Gasteiger partial charge in [0.2, 0.25) is 10.0 Å². The summed E-state index contributed by atoms with van der Waals surface area (Å²) in [5.74, 6) is 0. The van der Waals surface area contributed by atoms with Crippen LogP contribution in [0.1, 0.15) is 16.7 Å². The Bertz CT molecular complexity index is 627. The Morgan fingerprint density at radius 2 is 1.47 bits per heavy atom. The molecule has 0 heterocycles. The molecule has 0 aliphatic carbocycles. The SMILES string of the molecule is Cc1cc(C)c(S(=O)(=O)N(CC#N)CC#N)c(C)c1. The van der Waals surface area contributed by atoms with Crippen LogP contribution in [0, 0.1) is 43.4 Å². The van der Waals surface area contributed by atoms with Crippen molar-refractivity contribution >= 4 is 10.0 Å². The predicted octanol–water partition coefficient (Wildman–Crippen LogP) is 1.65. The highest BCUT2D eigenvalue weighted by Crippen LogP contribution is 2.24. The molecule has 0 aliphatic heterocycles. The molecule has 100 valence electrons. The first-order valence-electron chi connectivity index (χ1n) is 5.66.